The van der Waals surface area contributed by atoms with Crippen molar-refractivity contribution in [3.8, 4) is 0 Å². The lowest BCUT2D eigenvalue weighted by atomic mass is 9.33. The quantitative estimate of drug-likeness (QED) is 0.113. The molecule has 5 rings (SSSR count). The van der Waals surface area contributed by atoms with Crippen LogP contribution in [0.5, 0.6) is 0 Å². The number of aliphatic hydroxyl groups is 1. The molecule has 0 bridgehead atoms. The van der Waals surface area contributed by atoms with Gasteiger partial charge in [0.15, 0.2) is 5.78 Å². The minimum absolute atomic E-state index is 0.00752. The van der Waals surface area contributed by atoms with Crippen LogP contribution in [0.15, 0.2) is 11.6 Å². The van der Waals surface area contributed by atoms with Crippen LogP contribution in [0, 0.1) is 50.2 Å². The van der Waals surface area contributed by atoms with Gasteiger partial charge in [0.1, 0.15) is 0 Å². The van der Waals surface area contributed by atoms with Crippen LogP contribution in [0.4, 0.5) is 0 Å². The second kappa shape index (κ2) is 16.9. The molecule has 5 aliphatic rings. The van der Waals surface area contributed by atoms with Gasteiger partial charge < -0.3 is 9.84 Å². The van der Waals surface area contributed by atoms with Crippen LogP contribution in [0.2, 0.25) is 0 Å². The monoisotopic (exact) mass is 723 g/mol. The predicted octanol–water partition coefficient (Wildman–Crippen LogP) is 13.1. The van der Waals surface area contributed by atoms with Crippen LogP contribution in [0.1, 0.15) is 216 Å². The lowest BCUT2D eigenvalue weighted by Crippen LogP contribution is -2.66. The third-order valence-corrected chi connectivity index (χ3v) is 17.2. The zero-order chi connectivity index (χ0) is 37.8. The zero-order valence-electron chi connectivity index (χ0n) is 35.4. The summed E-state index contributed by atoms with van der Waals surface area (Å²) in [5.74, 6) is 1.07. The molecular formula is C48H82O4. The maximum Gasteiger partial charge on any atom is 0.305 e. The van der Waals surface area contributed by atoms with E-state index in [0.29, 0.717) is 30.6 Å². The largest absolute Gasteiger partial charge is 0.465 e. The fourth-order valence-corrected chi connectivity index (χ4v) is 13.3. The molecule has 9 atom stereocenters. The molecule has 0 spiro atoms. The molecule has 0 unspecified atom stereocenters. The van der Waals surface area contributed by atoms with Crippen molar-refractivity contribution < 1.29 is 19.4 Å². The Bertz CT molecular complexity index is 1250. The summed E-state index contributed by atoms with van der Waals surface area (Å²) in [5.41, 5.74) is 1.24. The third-order valence-electron chi connectivity index (χ3n) is 17.2. The van der Waals surface area contributed by atoms with Gasteiger partial charge in [0, 0.05) is 17.8 Å². The molecule has 0 aromatic heterocycles. The fraction of sp³-hybridized carbons (Fsp3) is 0.917. The van der Waals surface area contributed by atoms with Crippen LogP contribution < -0.4 is 0 Å². The summed E-state index contributed by atoms with van der Waals surface area (Å²) < 4.78 is 6.06. The molecule has 1 N–H and O–H groups in total. The zero-order valence-corrected chi connectivity index (χ0v) is 35.4. The SMILES string of the molecule is CCCCCCCCCCCCCCCCCC(=O)OC[C@@]1(C)CC[C@]2(C)CC[C@]3(C)C(=CC(=O)[C@H]4[C@@]5(C)CC[C@H](O)C(C)(C)[C@H]5CC[C@]43C)[C@H]2C1. The van der Waals surface area contributed by atoms with Gasteiger partial charge in [-0.25, -0.2) is 0 Å². The number of carbonyl (C=O) groups excluding carboxylic acids is 2. The smallest absolute Gasteiger partial charge is 0.305 e. The highest BCUT2D eigenvalue weighted by Crippen LogP contribution is 2.75. The van der Waals surface area contributed by atoms with Crippen LogP contribution in [0.25, 0.3) is 0 Å². The second-order valence-electron chi connectivity index (χ2n) is 21.2. The van der Waals surface area contributed by atoms with E-state index in [-0.39, 0.29) is 50.5 Å². The molecule has 0 saturated heterocycles. The fourth-order valence-electron chi connectivity index (χ4n) is 13.3. The van der Waals surface area contributed by atoms with Crippen molar-refractivity contribution in [3.05, 3.63) is 11.6 Å². The Kier molecular flexibility index (Phi) is 13.7. The summed E-state index contributed by atoms with van der Waals surface area (Å²) in [6, 6.07) is 0. The molecule has 4 heteroatoms. The topological polar surface area (TPSA) is 63.6 Å². The van der Waals surface area contributed by atoms with Gasteiger partial charge in [-0.1, -0.05) is 151 Å². The van der Waals surface area contributed by atoms with Crippen molar-refractivity contribution >= 4 is 11.8 Å². The number of ether oxygens (including phenoxy) is 1. The minimum Gasteiger partial charge on any atom is -0.465 e. The molecular weight excluding hydrogens is 641 g/mol. The molecule has 0 radical (unpaired) electrons. The van der Waals surface area contributed by atoms with Gasteiger partial charge in [-0.15, -0.1) is 0 Å². The first-order valence-corrected chi connectivity index (χ1v) is 22.7. The van der Waals surface area contributed by atoms with Crippen molar-refractivity contribution in [2.45, 2.75) is 222 Å². The number of unbranched alkanes of at least 4 members (excludes halogenated alkanes) is 14. The number of rotatable bonds is 18. The van der Waals surface area contributed by atoms with Gasteiger partial charge in [-0.2, -0.15) is 0 Å². The molecule has 4 fully saturated rings. The van der Waals surface area contributed by atoms with E-state index >= 15 is 0 Å². The van der Waals surface area contributed by atoms with Gasteiger partial charge in [0.25, 0.3) is 0 Å². The van der Waals surface area contributed by atoms with E-state index in [4.69, 9.17) is 4.74 Å². The molecule has 298 valence electrons. The maximum absolute atomic E-state index is 14.6. The van der Waals surface area contributed by atoms with Gasteiger partial charge in [-0.3, -0.25) is 9.59 Å². The summed E-state index contributed by atoms with van der Waals surface area (Å²) in [6.45, 7) is 19.5. The Balaban J connectivity index is 1.09. The Labute approximate surface area is 320 Å². The highest BCUT2D eigenvalue weighted by atomic mass is 16.5. The maximum atomic E-state index is 14.6. The first-order valence-electron chi connectivity index (χ1n) is 22.7. The number of hydrogen-bond donors (Lipinski definition) is 1. The van der Waals surface area contributed by atoms with Crippen molar-refractivity contribution in [1.29, 1.82) is 0 Å². The molecule has 0 aromatic carbocycles. The third kappa shape index (κ3) is 8.33. The molecule has 0 heterocycles. The average molecular weight is 723 g/mol. The van der Waals surface area contributed by atoms with Crippen LogP contribution in [-0.2, 0) is 14.3 Å². The summed E-state index contributed by atoms with van der Waals surface area (Å²) in [5, 5.41) is 11.0. The van der Waals surface area contributed by atoms with Crippen molar-refractivity contribution in [1.82, 2.24) is 0 Å². The average Bonchev–Trinajstić information content (AvgIpc) is 3.09. The number of hydrogen-bond acceptors (Lipinski definition) is 4. The standard InChI is InChI=1S/C48H82O4/c1-9-10-11-12-13-14-15-16-17-18-19-20-21-22-23-24-41(51)52-35-44(4)29-30-45(5)31-32-47(7)36(37(45)34-44)33-38(49)42-46(6)27-26-40(50)43(2,3)39(46)25-28-48(42,47)8/h33,37,39-40,42,50H,9-32,34-35H2,1-8H3/t37-,39-,40+,42+,44+,45-,46+,47-,48-/m1/s1. The highest BCUT2D eigenvalue weighted by molar-refractivity contribution is 5.95. The molecule has 0 aliphatic heterocycles. The molecule has 5 aliphatic carbocycles. The number of fused-ring (bicyclic) bond motifs is 7. The van der Waals surface area contributed by atoms with E-state index in [1.807, 2.05) is 0 Å². The van der Waals surface area contributed by atoms with Crippen LogP contribution in [-0.4, -0.2) is 29.6 Å². The molecule has 4 nitrogen and oxygen atoms in total. The van der Waals surface area contributed by atoms with Crippen molar-refractivity contribution in [3.63, 3.8) is 0 Å². The molecule has 4 saturated carbocycles. The van der Waals surface area contributed by atoms with E-state index in [2.05, 4.69) is 61.5 Å². The minimum atomic E-state index is -0.288. The molecule has 0 amide bonds. The normalized spacial score (nSPS) is 39.5. The van der Waals surface area contributed by atoms with Gasteiger partial charge in [0.2, 0.25) is 0 Å². The highest BCUT2D eigenvalue weighted by Gasteiger charge is 2.70. The van der Waals surface area contributed by atoms with Crippen molar-refractivity contribution in [2.24, 2.45) is 50.2 Å². The number of carbonyl (C=O) groups is 2. The van der Waals surface area contributed by atoms with E-state index in [9.17, 15) is 14.7 Å². The number of aliphatic hydroxyl groups excluding tert-OH is 1. The number of ketones is 1. The van der Waals surface area contributed by atoms with Crippen LogP contribution in [0.3, 0.4) is 0 Å². The first-order chi connectivity index (χ1) is 24.6. The van der Waals surface area contributed by atoms with E-state index < -0.39 is 0 Å². The Morgan fingerprint density at radius 2 is 1.29 bits per heavy atom. The van der Waals surface area contributed by atoms with Crippen LogP contribution >= 0.6 is 0 Å². The van der Waals surface area contributed by atoms with Gasteiger partial charge in [-0.05, 0) is 109 Å². The Morgan fingerprint density at radius 3 is 1.88 bits per heavy atom. The molecule has 0 aromatic rings. The number of esters is 1. The Hall–Kier alpha value is -1.16. The molecule has 52 heavy (non-hydrogen) atoms. The van der Waals surface area contributed by atoms with E-state index in [1.165, 1.54) is 95.5 Å². The Morgan fingerprint density at radius 1 is 0.731 bits per heavy atom. The van der Waals surface area contributed by atoms with E-state index in [0.717, 1.165) is 64.2 Å². The van der Waals surface area contributed by atoms with Gasteiger partial charge >= 0.3 is 5.97 Å². The summed E-state index contributed by atoms with van der Waals surface area (Å²) in [4.78, 5) is 27.6. The summed E-state index contributed by atoms with van der Waals surface area (Å²) >= 11 is 0. The summed E-state index contributed by atoms with van der Waals surface area (Å²) in [7, 11) is 0. The summed E-state index contributed by atoms with van der Waals surface area (Å²) in [6.07, 6.45) is 31.8. The van der Waals surface area contributed by atoms with Crippen molar-refractivity contribution in [2.75, 3.05) is 6.61 Å². The predicted molar refractivity (Wildman–Crippen MR) is 216 cm³/mol. The van der Waals surface area contributed by atoms with E-state index in [1.54, 1.807) is 0 Å². The second-order valence-corrected chi connectivity index (χ2v) is 21.2. The first kappa shape index (κ1) is 42.0. The van der Waals surface area contributed by atoms with Gasteiger partial charge in [0.05, 0.1) is 12.7 Å². The number of allylic oxidation sites excluding steroid dienone is 2. The lowest BCUT2D eigenvalue weighted by molar-refractivity contribution is -0.202. The lowest BCUT2D eigenvalue weighted by Gasteiger charge is -2.70.